The Hall–Kier alpha value is -1.70. The molecule has 1 fully saturated rings. The van der Waals surface area contributed by atoms with Crippen molar-refractivity contribution in [2.24, 2.45) is 0 Å². The van der Waals surface area contributed by atoms with Gasteiger partial charge < -0.3 is 4.90 Å². The normalized spacial score (nSPS) is 17.9. The zero-order chi connectivity index (χ0) is 18.0. The smallest absolute Gasteiger partial charge is 0.337 e. The minimum Gasteiger partial charge on any atom is -0.337 e. The van der Waals surface area contributed by atoms with Gasteiger partial charge >= 0.3 is 6.18 Å². The summed E-state index contributed by atoms with van der Waals surface area (Å²) in [5, 5.41) is 0. The van der Waals surface area contributed by atoms with Crippen molar-refractivity contribution in [3.8, 4) is 0 Å². The first-order valence-corrected chi connectivity index (χ1v) is 7.59. The number of benzene rings is 1. The molecule has 1 aromatic rings. The maximum Gasteiger partial charge on any atom is 0.416 e. The van der Waals surface area contributed by atoms with Crippen molar-refractivity contribution in [3.05, 3.63) is 35.4 Å². The van der Waals surface area contributed by atoms with Gasteiger partial charge in [-0.3, -0.25) is 9.69 Å². The predicted octanol–water partition coefficient (Wildman–Crippen LogP) is 3.39. The average Bonchev–Trinajstić information content (AvgIpc) is 2.82. The van der Waals surface area contributed by atoms with Crippen LogP contribution in [0.15, 0.2) is 24.3 Å². The Balaban J connectivity index is 2.04. The van der Waals surface area contributed by atoms with E-state index in [1.54, 1.807) is 0 Å². The van der Waals surface area contributed by atoms with Crippen LogP contribution in [-0.2, 0) is 17.5 Å². The third-order valence-electron chi connectivity index (χ3n) is 4.06. The fourth-order valence-electron chi connectivity index (χ4n) is 2.75. The van der Waals surface area contributed by atoms with Crippen LogP contribution in [0.5, 0.6) is 0 Å². The molecule has 1 heterocycles. The minimum atomic E-state index is -4.50. The highest BCUT2D eigenvalue weighted by atomic mass is 19.4. The molecule has 3 nitrogen and oxygen atoms in total. The van der Waals surface area contributed by atoms with Crippen LogP contribution in [0.25, 0.3) is 0 Å². The number of likely N-dealkylation sites (tertiary alicyclic amines) is 1. The van der Waals surface area contributed by atoms with Crippen molar-refractivity contribution in [2.45, 2.75) is 32.0 Å². The summed E-state index contributed by atoms with van der Waals surface area (Å²) in [6, 6.07) is 5.05. The van der Waals surface area contributed by atoms with Crippen LogP contribution < -0.4 is 0 Å². The zero-order valence-electron chi connectivity index (χ0n) is 13.2. The molecule has 2 rings (SSSR count). The van der Waals surface area contributed by atoms with E-state index in [0.717, 1.165) is 6.07 Å². The maximum atomic E-state index is 13.2. The molecule has 0 spiro atoms. The highest BCUT2D eigenvalue weighted by Gasteiger charge is 2.38. The molecular weight excluding hydrogens is 331 g/mol. The molecule has 0 unspecified atom stereocenters. The lowest BCUT2D eigenvalue weighted by Gasteiger charge is -2.25. The van der Waals surface area contributed by atoms with Gasteiger partial charge in [-0.05, 0) is 11.6 Å². The van der Waals surface area contributed by atoms with E-state index >= 15 is 0 Å². The summed E-state index contributed by atoms with van der Waals surface area (Å²) in [5.41, 5.74) is -0.795. The first-order chi connectivity index (χ1) is 11.1. The van der Waals surface area contributed by atoms with Crippen molar-refractivity contribution >= 4 is 5.91 Å². The molecular formula is C16H19F5N2O. The van der Waals surface area contributed by atoms with E-state index < -0.39 is 23.6 Å². The molecule has 134 valence electrons. The number of carbonyl (C=O) groups is 1. The zero-order valence-corrected chi connectivity index (χ0v) is 13.2. The first kappa shape index (κ1) is 18.6. The van der Waals surface area contributed by atoms with Gasteiger partial charge in [0.2, 0.25) is 5.91 Å². The number of nitrogens with zero attached hydrogens (tertiary/aromatic N) is 2. The Kier molecular flexibility index (Phi) is 5.47. The predicted molar refractivity (Wildman–Crippen MR) is 78.5 cm³/mol. The first-order valence-electron chi connectivity index (χ1n) is 7.59. The SMILES string of the molecule is CC(=O)N(CCN1CCC(F)(F)C1)Cc1ccccc1C(F)(F)F. The van der Waals surface area contributed by atoms with Gasteiger partial charge in [0.1, 0.15) is 0 Å². The van der Waals surface area contributed by atoms with E-state index in [-0.39, 0.29) is 44.7 Å². The van der Waals surface area contributed by atoms with Gasteiger partial charge in [0.25, 0.3) is 5.92 Å². The molecule has 0 aliphatic carbocycles. The highest BCUT2D eigenvalue weighted by Crippen LogP contribution is 2.32. The van der Waals surface area contributed by atoms with Crippen LogP contribution in [0.1, 0.15) is 24.5 Å². The number of halogens is 5. The van der Waals surface area contributed by atoms with E-state index in [1.807, 2.05) is 0 Å². The second-order valence-electron chi connectivity index (χ2n) is 5.98. The Labute approximate surface area is 137 Å². The number of hydrogen-bond donors (Lipinski definition) is 0. The fraction of sp³-hybridized carbons (Fsp3) is 0.562. The van der Waals surface area contributed by atoms with Crippen molar-refractivity contribution in [1.82, 2.24) is 9.80 Å². The highest BCUT2D eigenvalue weighted by molar-refractivity contribution is 5.73. The number of carbonyl (C=O) groups excluding carboxylic acids is 1. The molecule has 0 aromatic heterocycles. The molecule has 1 aliphatic rings. The number of alkyl halides is 5. The largest absolute Gasteiger partial charge is 0.416 e. The summed E-state index contributed by atoms with van der Waals surface area (Å²) in [7, 11) is 0. The van der Waals surface area contributed by atoms with Gasteiger partial charge in [0.05, 0.1) is 12.1 Å². The van der Waals surface area contributed by atoms with Crippen LogP contribution >= 0.6 is 0 Å². The summed E-state index contributed by atoms with van der Waals surface area (Å²) in [6.45, 7) is 1.22. The van der Waals surface area contributed by atoms with E-state index in [9.17, 15) is 26.7 Å². The summed E-state index contributed by atoms with van der Waals surface area (Å²) in [4.78, 5) is 14.5. The Morgan fingerprint density at radius 1 is 1.29 bits per heavy atom. The van der Waals surface area contributed by atoms with E-state index in [4.69, 9.17) is 0 Å². The molecule has 0 saturated carbocycles. The summed E-state index contributed by atoms with van der Waals surface area (Å²) in [5.74, 6) is -3.12. The summed E-state index contributed by atoms with van der Waals surface area (Å²) in [6.07, 6.45) is -4.74. The molecule has 8 heteroatoms. The third-order valence-corrected chi connectivity index (χ3v) is 4.06. The molecule has 24 heavy (non-hydrogen) atoms. The third kappa shape index (κ3) is 4.90. The number of rotatable bonds is 5. The minimum absolute atomic E-state index is 0.00745. The van der Waals surface area contributed by atoms with Crippen LogP contribution in [0.3, 0.4) is 0 Å². The number of amides is 1. The van der Waals surface area contributed by atoms with Crippen LogP contribution in [0.4, 0.5) is 22.0 Å². The molecule has 0 bridgehead atoms. The lowest BCUT2D eigenvalue weighted by atomic mass is 10.1. The Morgan fingerprint density at radius 3 is 2.50 bits per heavy atom. The molecule has 1 aliphatic heterocycles. The Morgan fingerprint density at radius 2 is 1.96 bits per heavy atom. The summed E-state index contributed by atoms with van der Waals surface area (Å²) < 4.78 is 65.4. The van der Waals surface area contributed by atoms with Gasteiger partial charge in [-0.25, -0.2) is 8.78 Å². The topological polar surface area (TPSA) is 23.6 Å². The molecule has 1 saturated heterocycles. The van der Waals surface area contributed by atoms with Crippen LogP contribution in [-0.4, -0.2) is 47.8 Å². The number of hydrogen-bond acceptors (Lipinski definition) is 2. The molecule has 1 aromatic carbocycles. The van der Waals surface area contributed by atoms with Crippen molar-refractivity contribution < 1.29 is 26.7 Å². The lowest BCUT2D eigenvalue weighted by molar-refractivity contribution is -0.139. The molecule has 1 amide bonds. The summed E-state index contributed by atoms with van der Waals surface area (Å²) >= 11 is 0. The van der Waals surface area contributed by atoms with Crippen molar-refractivity contribution in [2.75, 3.05) is 26.2 Å². The van der Waals surface area contributed by atoms with Gasteiger partial charge in [0.15, 0.2) is 0 Å². The molecule has 0 N–H and O–H groups in total. The van der Waals surface area contributed by atoms with Crippen molar-refractivity contribution in [1.29, 1.82) is 0 Å². The monoisotopic (exact) mass is 350 g/mol. The second kappa shape index (κ2) is 7.04. The lowest BCUT2D eigenvalue weighted by Crippen LogP contribution is -2.37. The average molecular weight is 350 g/mol. The standard InChI is InChI=1S/C16H19F5N2O/c1-12(24)23(9-8-22-7-6-15(17,18)11-22)10-13-4-2-3-5-14(13)16(19,20)21/h2-5H,6-11H2,1H3. The molecule has 0 atom stereocenters. The van der Waals surface area contributed by atoms with Gasteiger partial charge in [-0.2, -0.15) is 13.2 Å². The van der Waals surface area contributed by atoms with Gasteiger partial charge in [0, 0.05) is 39.5 Å². The fourth-order valence-corrected chi connectivity index (χ4v) is 2.75. The second-order valence-corrected chi connectivity index (χ2v) is 5.98. The van der Waals surface area contributed by atoms with Crippen LogP contribution in [0, 0.1) is 0 Å². The van der Waals surface area contributed by atoms with Crippen LogP contribution in [0.2, 0.25) is 0 Å². The quantitative estimate of drug-likeness (QED) is 0.760. The van der Waals surface area contributed by atoms with E-state index in [1.165, 1.54) is 34.9 Å². The maximum absolute atomic E-state index is 13.2. The van der Waals surface area contributed by atoms with E-state index in [0.29, 0.717) is 0 Å². The molecule has 0 radical (unpaired) electrons. The van der Waals surface area contributed by atoms with E-state index in [2.05, 4.69) is 0 Å². The van der Waals surface area contributed by atoms with Gasteiger partial charge in [-0.15, -0.1) is 0 Å². The van der Waals surface area contributed by atoms with Crippen molar-refractivity contribution in [3.63, 3.8) is 0 Å². The Bertz CT molecular complexity index is 588. The van der Waals surface area contributed by atoms with Gasteiger partial charge in [-0.1, -0.05) is 18.2 Å².